The third kappa shape index (κ3) is 4.34. The summed E-state index contributed by atoms with van der Waals surface area (Å²) in [7, 11) is 0. The molecule has 0 saturated carbocycles. The van der Waals surface area contributed by atoms with Gasteiger partial charge in [0, 0.05) is 13.1 Å². The van der Waals surface area contributed by atoms with Gasteiger partial charge in [-0.15, -0.1) is 12.4 Å². The molecular formula is C19H23ClN2O. The topological polar surface area (TPSA) is 46.3 Å². The van der Waals surface area contributed by atoms with Gasteiger partial charge in [0.1, 0.15) is 0 Å². The highest BCUT2D eigenvalue weighted by atomic mass is 35.5. The maximum Gasteiger partial charge on any atom is 0.226 e. The van der Waals surface area contributed by atoms with Crippen LogP contribution in [0.25, 0.3) is 11.1 Å². The Labute approximate surface area is 143 Å². The summed E-state index contributed by atoms with van der Waals surface area (Å²) in [6, 6.07) is 18.6. The second-order valence-corrected chi connectivity index (χ2v) is 5.97. The lowest BCUT2D eigenvalue weighted by atomic mass is 10.0. The summed E-state index contributed by atoms with van der Waals surface area (Å²) in [5.41, 5.74) is 9.13. The van der Waals surface area contributed by atoms with Crippen LogP contribution in [0, 0.1) is 5.92 Å². The van der Waals surface area contributed by atoms with E-state index in [1.807, 2.05) is 23.1 Å². The highest BCUT2D eigenvalue weighted by Crippen LogP contribution is 2.20. The molecule has 1 unspecified atom stereocenters. The summed E-state index contributed by atoms with van der Waals surface area (Å²) in [4.78, 5) is 14.3. The molecule has 1 saturated heterocycles. The average molecular weight is 331 g/mol. The van der Waals surface area contributed by atoms with Crippen LogP contribution in [0.3, 0.4) is 0 Å². The largest absolute Gasteiger partial charge is 0.342 e. The molecule has 3 rings (SSSR count). The number of nitrogens with two attached hydrogens (primary N) is 1. The smallest absolute Gasteiger partial charge is 0.226 e. The standard InChI is InChI=1S/C19H22N2O.ClH/c20-13-16-10-11-21(14-16)19(22)12-15-6-8-18(9-7-15)17-4-2-1-3-5-17;/h1-9,16H,10-14,20H2;1H. The predicted octanol–water partition coefficient (Wildman–Crippen LogP) is 3.13. The van der Waals surface area contributed by atoms with E-state index < -0.39 is 0 Å². The summed E-state index contributed by atoms with van der Waals surface area (Å²) >= 11 is 0. The number of amides is 1. The molecule has 2 aromatic rings. The molecule has 2 N–H and O–H groups in total. The van der Waals surface area contributed by atoms with Gasteiger partial charge in [-0.05, 0) is 35.6 Å². The van der Waals surface area contributed by atoms with Crippen molar-refractivity contribution >= 4 is 18.3 Å². The summed E-state index contributed by atoms with van der Waals surface area (Å²) < 4.78 is 0. The number of rotatable bonds is 4. The summed E-state index contributed by atoms with van der Waals surface area (Å²) in [5, 5.41) is 0. The Hall–Kier alpha value is -1.84. The van der Waals surface area contributed by atoms with Crippen LogP contribution in [-0.4, -0.2) is 30.4 Å². The van der Waals surface area contributed by atoms with E-state index in [0.717, 1.165) is 25.1 Å². The van der Waals surface area contributed by atoms with Gasteiger partial charge in [0.25, 0.3) is 0 Å². The Balaban J connectivity index is 0.00000192. The molecule has 2 aromatic carbocycles. The Kier molecular flexibility index (Phi) is 6.20. The zero-order valence-electron chi connectivity index (χ0n) is 13.2. The molecule has 0 radical (unpaired) electrons. The van der Waals surface area contributed by atoms with E-state index in [2.05, 4.69) is 36.4 Å². The van der Waals surface area contributed by atoms with Crippen molar-refractivity contribution in [3.63, 3.8) is 0 Å². The first kappa shape index (κ1) is 17.5. The molecule has 1 aliphatic heterocycles. The van der Waals surface area contributed by atoms with Crippen LogP contribution in [0.4, 0.5) is 0 Å². The second-order valence-electron chi connectivity index (χ2n) is 5.97. The molecule has 0 bridgehead atoms. The molecule has 23 heavy (non-hydrogen) atoms. The Morgan fingerprint density at radius 2 is 1.70 bits per heavy atom. The van der Waals surface area contributed by atoms with Crippen LogP contribution in [0.15, 0.2) is 54.6 Å². The molecule has 4 heteroatoms. The van der Waals surface area contributed by atoms with Gasteiger partial charge in [0.05, 0.1) is 6.42 Å². The van der Waals surface area contributed by atoms with Crippen LogP contribution in [0.5, 0.6) is 0 Å². The van der Waals surface area contributed by atoms with Gasteiger partial charge in [-0.25, -0.2) is 0 Å². The molecule has 3 nitrogen and oxygen atoms in total. The first-order valence-electron chi connectivity index (χ1n) is 7.88. The maximum atomic E-state index is 12.3. The highest BCUT2D eigenvalue weighted by molar-refractivity contribution is 5.85. The van der Waals surface area contributed by atoms with Gasteiger partial charge in [0.2, 0.25) is 5.91 Å². The van der Waals surface area contributed by atoms with Gasteiger partial charge in [-0.2, -0.15) is 0 Å². The van der Waals surface area contributed by atoms with E-state index in [1.165, 1.54) is 11.1 Å². The zero-order valence-corrected chi connectivity index (χ0v) is 14.0. The fraction of sp³-hybridized carbons (Fsp3) is 0.316. The number of likely N-dealkylation sites (tertiary alicyclic amines) is 1. The lowest BCUT2D eigenvalue weighted by Crippen LogP contribution is -2.31. The number of nitrogens with zero attached hydrogens (tertiary/aromatic N) is 1. The zero-order chi connectivity index (χ0) is 15.4. The quantitative estimate of drug-likeness (QED) is 0.936. The van der Waals surface area contributed by atoms with Gasteiger partial charge >= 0.3 is 0 Å². The molecule has 1 amide bonds. The second kappa shape index (κ2) is 8.14. The highest BCUT2D eigenvalue weighted by Gasteiger charge is 2.24. The minimum absolute atomic E-state index is 0. The van der Waals surface area contributed by atoms with Crippen molar-refractivity contribution in [2.75, 3.05) is 19.6 Å². The van der Waals surface area contributed by atoms with Crippen molar-refractivity contribution < 1.29 is 4.79 Å². The monoisotopic (exact) mass is 330 g/mol. The summed E-state index contributed by atoms with van der Waals surface area (Å²) in [6.45, 7) is 2.34. The van der Waals surface area contributed by atoms with Crippen molar-refractivity contribution in [1.29, 1.82) is 0 Å². The van der Waals surface area contributed by atoms with E-state index in [-0.39, 0.29) is 18.3 Å². The third-order valence-electron chi connectivity index (χ3n) is 4.39. The van der Waals surface area contributed by atoms with Crippen molar-refractivity contribution in [2.45, 2.75) is 12.8 Å². The van der Waals surface area contributed by atoms with Crippen LogP contribution in [0.2, 0.25) is 0 Å². The van der Waals surface area contributed by atoms with Crippen LogP contribution in [0.1, 0.15) is 12.0 Å². The fourth-order valence-electron chi connectivity index (χ4n) is 2.98. The predicted molar refractivity (Wildman–Crippen MR) is 96.6 cm³/mol. The number of carbonyl (C=O) groups excluding carboxylic acids is 1. The minimum Gasteiger partial charge on any atom is -0.342 e. The Morgan fingerprint density at radius 3 is 2.30 bits per heavy atom. The summed E-state index contributed by atoms with van der Waals surface area (Å²) in [6.07, 6.45) is 1.52. The Bertz CT molecular complexity index is 628. The number of halogens is 1. The van der Waals surface area contributed by atoms with Gasteiger partial charge in [-0.3, -0.25) is 4.79 Å². The number of carbonyl (C=O) groups is 1. The number of hydrogen-bond acceptors (Lipinski definition) is 2. The molecule has 1 fully saturated rings. The van der Waals surface area contributed by atoms with E-state index >= 15 is 0 Å². The van der Waals surface area contributed by atoms with Gasteiger partial charge < -0.3 is 10.6 Å². The maximum absolute atomic E-state index is 12.3. The van der Waals surface area contributed by atoms with E-state index in [1.54, 1.807) is 0 Å². The molecule has 1 heterocycles. The van der Waals surface area contributed by atoms with Crippen molar-refractivity contribution in [3.05, 3.63) is 60.2 Å². The first-order valence-corrected chi connectivity index (χ1v) is 7.88. The van der Waals surface area contributed by atoms with Gasteiger partial charge in [-0.1, -0.05) is 54.6 Å². The number of hydrogen-bond donors (Lipinski definition) is 1. The average Bonchev–Trinajstić information content (AvgIpc) is 3.06. The van der Waals surface area contributed by atoms with Crippen molar-refractivity contribution in [3.8, 4) is 11.1 Å². The fourth-order valence-corrected chi connectivity index (χ4v) is 2.98. The molecule has 0 aromatic heterocycles. The molecule has 0 spiro atoms. The van der Waals surface area contributed by atoms with Crippen molar-refractivity contribution in [2.24, 2.45) is 11.7 Å². The molecular weight excluding hydrogens is 308 g/mol. The number of benzene rings is 2. The third-order valence-corrected chi connectivity index (χ3v) is 4.39. The lowest BCUT2D eigenvalue weighted by molar-refractivity contribution is -0.129. The lowest BCUT2D eigenvalue weighted by Gasteiger charge is -2.16. The minimum atomic E-state index is 0. The Morgan fingerprint density at radius 1 is 1.04 bits per heavy atom. The first-order chi connectivity index (χ1) is 10.8. The van der Waals surface area contributed by atoms with Crippen LogP contribution in [-0.2, 0) is 11.2 Å². The van der Waals surface area contributed by atoms with Crippen LogP contribution >= 0.6 is 12.4 Å². The SMILES string of the molecule is Cl.NCC1CCN(C(=O)Cc2ccc(-c3ccccc3)cc2)C1. The van der Waals surface area contributed by atoms with E-state index in [9.17, 15) is 4.79 Å². The molecule has 0 aliphatic carbocycles. The molecule has 1 atom stereocenters. The van der Waals surface area contributed by atoms with Gasteiger partial charge in [0.15, 0.2) is 0 Å². The van der Waals surface area contributed by atoms with E-state index in [4.69, 9.17) is 5.73 Å². The molecule has 1 aliphatic rings. The normalized spacial score (nSPS) is 16.9. The van der Waals surface area contributed by atoms with Crippen LogP contribution < -0.4 is 5.73 Å². The van der Waals surface area contributed by atoms with E-state index in [0.29, 0.717) is 18.9 Å². The van der Waals surface area contributed by atoms with Crippen molar-refractivity contribution in [1.82, 2.24) is 4.90 Å². The summed E-state index contributed by atoms with van der Waals surface area (Å²) in [5.74, 6) is 0.688. The molecule has 122 valence electrons.